The second-order valence-electron chi connectivity index (χ2n) is 3.34. The van der Waals surface area contributed by atoms with Gasteiger partial charge in [-0.25, -0.2) is 0 Å². The van der Waals surface area contributed by atoms with Crippen LogP contribution in [0.25, 0.3) is 0 Å². The topological polar surface area (TPSA) is 59.5 Å². The molecule has 1 aromatic rings. The van der Waals surface area contributed by atoms with Gasteiger partial charge in [0.25, 0.3) is 0 Å². The highest BCUT2D eigenvalue weighted by Crippen LogP contribution is 2.15. The number of likely N-dealkylation sites (N-methyl/N-ethyl adjacent to an activating group) is 1. The zero-order valence-corrected chi connectivity index (χ0v) is 9.74. The normalized spacial score (nSPS) is 13.2. The number of furan rings is 1. The molecule has 0 aliphatic rings. The van der Waals surface area contributed by atoms with E-state index in [-0.39, 0.29) is 5.78 Å². The smallest absolute Gasteiger partial charge is 0.215 e. The van der Waals surface area contributed by atoms with Crippen LogP contribution in [0, 0.1) is 0 Å². The molecule has 4 nitrogen and oxygen atoms in total. The van der Waals surface area contributed by atoms with Gasteiger partial charge in [0.2, 0.25) is 5.78 Å². The molecule has 0 bridgehead atoms. The molecule has 5 heteroatoms. The van der Waals surface area contributed by atoms with Crippen molar-refractivity contribution in [1.82, 2.24) is 4.90 Å². The predicted octanol–water partition coefficient (Wildman–Crippen LogP) is 1.11. The quantitative estimate of drug-likeness (QED) is 0.825. The molecule has 2 N–H and O–H groups in total. The van der Waals surface area contributed by atoms with E-state index in [2.05, 4.69) is 15.9 Å². The second-order valence-corrected chi connectivity index (χ2v) is 4.12. The van der Waals surface area contributed by atoms with Crippen molar-refractivity contribution in [3.63, 3.8) is 0 Å². The maximum absolute atomic E-state index is 11.6. The summed E-state index contributed by atoms with van der Waals surface area (Å²) in [5, 5.41) is 0. The van der Waals surface area contributed by atoms with Crippen LogP contribution < -0.4 is 5.73 Å². The summed E-state index contributed by atoms with van der Waals surface area (Å²) < 4.78 is 5.66. The molecule has 0 radical (unpaired) electrons. The summed E-state index contributed by atoms with van der Waals surface area (Å²) in [5.74, 6) is 0.121. The summed E-state index contributed by atoms with van der Waals surface area (Å²) in [6.07, 6.45) is 0. The molecule has 1 aromatic heterocycles. The minimum atomic E-state index is -0.539. The standard InChI is InChI=1S/C9H13BrN2O2/c1-12(2)5-6(11)9(13)7-3-4-8(10)14-7/h3-4,6H,5,11H2,1-2H3. The molecule has 0 aliphatic heterocycles. The Labute approximate surface area is 91.2 Å². The molecule has 0 spiro atoms. The Kier molecular flexibility index (Phi) is 3.86. The molecule has 0 fully saturated rings. The molecule has 0 saturated heterocycles. The fourth-order valence-corrected chi connectivity index (χ4v) is 1.41. The van der Waals surface area contributed by atoms with Crippen LogP contribution in [0.4, 0.5) is 0 Å². The van der Waals surface area contributed by atoms with Gasteiger partial charge in [0.05, 0.1) is 6.04 Å². The van der Waals surface area contributed by atoms with Crippen LogP contribution in [0.2, 0.25) is 0 Å². The van der Waals surface area contributed by atoms with Gasteiger partial charge >= 0.3 is 0 Å². The van der Waals surface area contributed by atoms with E-state index in [0.717, 1.165) is 0 Å². The average molecular weight is 261 g/mol. The van der Waals surface area contributed by atoms with Crippen LogP contribution in [0.5, 0.6) is 0 Å². The molecule has 1 rings (SSSR count). The number of nitrogens with two attached hydrogens (primary N) is 1. The lowest BCUT2D eigenvalue weighted by molar-refractivity contribution is 0.0918. The molecule has 0 amide bonds. The lowest BCUT2D eigenvalue weighted by Gasteiger charge is -2.14. The number of ketones is 1. The van der Waals surface area contributed by atoms with Crippen molar-refractivity contribution in [2.45, 2.75) is 6.04 Å². The van der Waals surface area contributed by atoms with Gasteiger partial charge in [0, 0.05) is 6.54 Å². The molecule has 1 atom stereocenters. The van der Waals surface area contributed by atoms with Crippen molar-refractivity contribution in [2.75, 3.05) is 20.6 Å². The summed E-state index contributed by atoms with van der Waals surface area (Å²) in [6.45, 7) is 0.511. The first kappa shape index (κ1) is 11.4. The van der Waals surface area contributed by atoms with Gasteiger partial charge < -0.3 is 15.1 Å². The van der Waals surface area contributed by atoms with Crippen molar-refractivity contribution >= 4 is 21.7 Å². The molecule has 78 valence electrons. The third-order valence-electron chi connectivity index (χ3n) is 1.71. The summed E-state index contributed by atoms with van der Waals surface area (Å²) >= 11 is 3.13. The molecule has 0 aromatic carbocycles. The van der Waals surface area contributed by atoms with Gasteiger partial charge in [-0.2, -0.15) is 0 Å². The van der Waals surface area contributed by atoms with Crippen molar-refractivity contribution in [1.29, 1.82) is 0 Å². The van der Waals surface area contributed by atoms with Crippen molar-refractivity contribution in [3.05, 3.63) is 22.6 Å². The molecule has 1 heterocycles. The van der Waals surface area contributed by atoms with Gasteiger partial charge in [-0.3, -0.25) is 4.79 Å². The Morgan fingerprint density at radius 3 is 2.71 bits per heavy atom. The molecular weight excluding hydrogens is 248 g/mol. The maximum Gasteiger partial charge on any atom is 0.215 e. The minimum absolute atomic E-state index is 0.176. The first-order chi connectivity index (χ1) is 6.50. The van der Waals surface area contributed by atoms with Crippen molar-refractivity contribution in [3.8, 4) is 0 Å². The lowest BCUT2D eigenvalue weighted by atomic mass is 10.1. The van der Waals surface area contributed by atoms with Crippen LogP contribution >= 0.6 is 15.9 Å². The zero-order valence-electron chi connectivity index (χ0n) is 8.16. The predicted molar refractivity (Wildman–Crippen MR) is 57.3 cm³/mol. The number of hydrogen-bond donors (Lipinski definition) is 1. The highest BCUT2D eigenvalue weighted by Gasteiger charge is 2.19. The van der Waals surface area contributed by atoms with E-state index in [4.69, 9.17) is 10.2 Å². The molecular formula is C9H13BrN2O2. The van der Waals surface area contributed by atoms with Gasteiger partial charge in [-0.05, 0) is 42.2 Å². The van der Waals surface area contributed by atoms with Crippen LogP contribution in [0.15, 0.2) is 21.2 Å². The number of rotatable bonds is 4. The third-order valence-corrected chi connectivity index (χ3v) is 2.14. The van der Waals surface area contributed by atoms with Gasteiger partial charge in [-0.1, -0.05) is 0 Å². The SMILES string of the molecule is CN(C)CC(N)C(=O)c1ccc(Br)o1. The number of hydrogen-bond acceptors (Lipinski definition) is 4. The summed E-state index contributed by atoms with van der Waals surface area (Å²) in [6, 6.07) is 2.75. The second kappa shape index (κ2) is 4.72. The average Bonchev–Trinajstić information content (AvgIpc) is 2.49. The van der Waals surface area contributed by atoms with E-state index in [0.29, 0.717) is 17.0 Å². The highest BCUT2D eigenvalue weighted by atomic mass is 79.9. The fraction of sp³-hybridized carbons (Fsp3) is 0.444. The van der Waals surface area contributed by atoms with E-state index < -0.39 is 6.04 Å². The Bertz CT molecular complexity index is 322. The third kappa shape index (κ3) is 2.94. The van der Waals surface area contributed by atoms with E-state index in [1.807, 2.05) is 19.0 Å². The van der Waals surface area contributed by atoms with E-state index in [9.17, 15) is 4.79 Å². The summed E-state index contributed by atoms with van der Waals surface area (Å²) in [7, 11) is 3.73. The molecule has 0 aliphatic carbocycles. The Morgan fingerprint density at radius 2 is 2.29 bits per heavy atom. The van der Waals surface area contributed by atoms with E-state index in [1.54, 1.807) is 12.1 Å². The summed E-state index contributed by atoms with van der Waals surface area (Å²) in [5.41, 5.74) is 5.69. The van der Waals surface area contributed by atoms with Crippen molar-refractivity contribution in [2.24, 2.45) is 5.73 Å². The molecule has 14 heavy (non-hydrogen) atoms. The number of halogens is 1. The summed E-state index contributed by atoms with van der Waals surface area (Å²) in [4.78, 5) is 13.5. The van der Waals surface area contributed by atoms with Crippen LogP contribution in [-0.2, 0) is 0 Å². The van der Waals surface area contributed by atoms with Gasteiger partial charge in [0.15, 0.2) is 10.4 Å². The Morgan fingerprint density at radius 1 is 1.64 bits per heavy atom. The monoisotopic (exact) mass is 260 g/mol. The number of carbonyl (C=O) groups is 1. The van der Waals surface area contributed by atoms with Gasteiger partial charge in [-0.15, -0.1) is 0 Å². The first-order valence-electron chi connectivity index (χ1n) is 4.20. The van der Waals surface area contributed by atoms with E-state index in [1.165, 1.54) is 0 Å². The van der Waals surface area contributed by atoms with Crippen LogP contribution in [0.3, 0.4) is 0 Å². The molecule has 1 unspecified atom stereocenters. The minimum Gasteiger partial charge on any atom is -0.446 e. The number of carbonyl (C=O) groups excluding carboxylic acids is 1. The van der Waals surface area contributed by atoms with E-state index >= 15 is 0 Å². The van der Waals surface area contributed by atoms with Crippen LogP contribution in [-0.4, -0.2) is 37.4 Å². The maximum atomic E-state index is 11.6. The first-order valence-corrected chi connectivity index (χ1v) is 5.00. The highest BCUT2D eigenvalue weighted by molar-refractivity contribution is 9.10. The Hall–Kier alpha value is -0.650. The zero-order chi connectivity index (χ0) is 10.7. The van der Waals surface area contributed by atoms with Crippen molar-refractivity contribution < 1.29 is 9.21 Å². The fourth-order valence-electron chi connectivity index (χ4n) is 1.11. The van der Waals surface area contributed by atoms with Gasteiger partial charge in [0.1, 0.15) is 0 Å². The molecule has 0 saturated carbocycles. The Balaban J connectivity index is 2.65. The number of nitrogens with zero attached hydrogens (tertiary/aromatic N) is 1. The largest absolute Gasteiger partial charge is 0.446 e. The van der Waals surface area contributed by atoms with Crippen LogP contribution in [0.1, 0.15) is 10.6 Å². The lowest BCUT2D eigenvalue weighted by Crippen LogP contribution is -2.39. The number of Topliss-reactive ketones (excluding diaryl/α,β-unsaturated/α-hetero) is 1.